The zero-order valence-corrected chi connectivity index (χ0v) is 21.4. The van der Waals surface area contributed by atoms with Crippen molar-refractivity contribution < 1.29 is 9.53 Å². The van der Waals surface area contributed by atoms with E-state index in [1.165, 1.54) is 0 Å². The van der Waals surface area contributed by atoms with Crippen molar-refractivity contribution in [2.75, 3.05) is 42.6 Å². The van der Waals surface area contributed by atoms with Gasteiger partial charge in [0.15, 0.2) is 0 Å². The molecule has 0 fully saturated rings. The quantitative estimate of drug-likeness (QED) is 0.217. The predicted octanol–water partition coefficient (Wildman–Crippen LogP) is 5.35. The van der Waals surface area contributed by atoms with Gasteiger partial charge in [-0.3, -0.25) is 4.79 Å². The van der Waals surface area contributed by atoms with Gasteiger partial charge in [-0.15, -0.1) is 0 Å². The molecule has 0 aliphatic carbocycles. The van der Waals surface area contributed by atoms with Crippen molar-refractivity contribution in [3.63, 3.8) is 0 Å². The van der Waals surface area contributed by atoms with Gasteiger partial charge >= 0.3 is 0 Å². The first-order valence-corrected chi connectivity index (χ1v) is 11.8. The fraction of sp³-hybridized carbons (Fsp3) is 0.179. The molecule has 9 nitrogen and oxygen atoms in total. The number of nitrogens with zero attached hydrogens (tertiary/aromatic N) is 3. The Kier molecular flexibility index (Phi) is 8.17. The first kappa shape index (κ1) is 25.5. The number of carbonyl (C=O) groups excluding carboxylic acids is 1. The lowest BCUT2D eigenvalue weighted by Gasteiger charge is -2.18. The maximum Gasteiger partial charge on any atom is 0.229 e. The van der Waals surface area contributed by atoms with Crippen molar-refractivity contribution in [1.29, 1.82) is 0 Å². The molecule has 1 heterocycles. The van der Waals surface area contributed by atoms with Crippen molar-refractivity contribution in [2.45, 2.75) is 13.3 Å². The fourth-order valence-corrected chi connectivity index (χ4v) is 3.69. The zero-order valence-electron chi connectivity index (χ0n) is 21.4. The number of anilines is 6. The summed E-state index contributed by atoms with van der Waals surface area (Å²) in [6.45, 7) is 2.05. The van der Waals surface area contributed by atoms with E-state index in [9.17, 15) is 4.79 Å². The highest BCUT2D eigenvalue weighted by molar-refractivity contribution is 5.92. The van der Waals surface area contributed by atoms with Gasteiger partial charge in [0.25, 0.3) is 0 Å². The van der Waals surface area contributed by atoms with Crippen LogP contribution < -0.4 is 26.1 Å². The van der Waals surface area contributed by atoms with Crippen LogP contribution in [0.2, 0.25) is 0 Å². The van der Waals surface area contributed by atoms with Crippen molar-refractivity contribution >= 4 is 40.4 Å². The molecular weight excluding hydrogens is 466 g/mol. The monoisotopic (exact) mass is 497 g/mol. The third-order valence-electron chi connectivity index (χ3n) is 5.52. The lowest BCUT2D eigenvalue weighted by molar-refractivity contribution is -0.115. The minimum atomic E-state index is -0.101. The zero-order chi connectivity index (χ0) is 26.2. The number of aromatic nitrogens is 2. The lowest BCUT2D eigenvalue weighted by Crippen LogP contribution is -2.20. The summed E-state index contributed by atoms with van der Waals surface area (Å²) in [5.41, 5.74) is 8.75. The molecule has 190 valence electrons. The van der Waals surface area contributed by atoms with E-state index in [1.807, 2.05) is 92.8 Å². The second-order valence-electron chi connectivity index (χ2n) is 8.65. The van der Waals surface area contributed by atoms with Crippen LogP contribution >= 0.6 is 0 Å². The Hall–Kier alpha value is -4.63. The second-order valence-corrected chi connectivity index (χ2v) is 8.65. The summed E-state index contributed by atoms with van der Waals surface area (Å²) in [6.07, 6.45) is 1.96. The number of rotatable bonds is 10. The average Bonchev–Trinajstić information content (AvgIpc) is 2.88. The van der Waals surface area contributed by atoms with Gasteiger partial charge in [0.2, 0.25) is 11.9 Å². The highest BCUT2D eigenvalue weighted by Gasteiger charge is 2.08. The lowest BCUT2D eigenvalue weighted by atomic mass is 10.1. The fourth-order valence-electron chi connectivity index (χ4n) is 3.69. The van der Waals surface area contributed by atoms with Crippen molar-refractivity contribution in [1.82, 2.24) is 15.0 Å². The summed E-state index contributed by atoms with van der Waals surface area (Å²) in [5, 5.41) is 11.4. The first-order chi connectivity index (χ1) is 17.9. The van der Waals surface area contributed by atoms with Crippen LogP contribution in [0, 0.1) is 6.92 Å². The van der Waals surface area contributed by atoms with Gasteiger partial charge in [-0.05, 0) is 60.5 Å². The van der Waals surface area contributed by atoms with E-state index >= 15 is 0 Å². The smallest absolute Gasteiger partial charge is 0.229 e. The number of hydrogen-bond donors (Lipinski definition) is 4. The molecule has 9 heteroatoms. The highest BCUT2D eigenvalue weighted by atomic mass is 16.5. The van der Waals surface area contributed by atoms with Crippen LogP contribution in [-0.4, -0.2) is 42.1 Å². The summed E-state index contributed by atoms with van der Waals surface area (Å²) in [4.78, 5) is 21.4. The van der Waals surface area contributed by atoms with E-state index in [4.69, 9.17) is 4.74 Å². The standard InChI is InChI=1S/C28H31N7O2/c1-19-24(9-6-10-25(19)34-35(2)3)32-26-15-16-29-28(33-26)31-21-13-11-20(12-14-21)17-27(36)30-22-7-5-8-23(18-22)37-4/h5-16,18,34H,17H2,1-4H3,(H,30,36)(H2,29,31,32,33). The second kappa shape index (κ2) is 11.9. The topological polar surface area (TPSA) is 103 Å². The molecule has 4 N–H and O–H groups in total. The molecule has 0 saturated carbocycles. The van der Waals surface area contributed by atoms with E-state index in [0.29, 0.717) is 23.2 Å². The summed E-state index contributed by atoms with van der Waals surface area (Å²) in [5.74, 6) is 1.73. The molecule has 0 aliphatic rings. The third kappa shape index (κ3) is 7.18. The molecular formula is C28H31N7O2. The Balaban J connectivity index is 1.36. The normalized spacial score (nSPS) is 10.6. The van der Waals surface area contributed by atoms with E-state index in [1.54, 1.807) is 19.4 Å². The number of amides is 1. The maximum atomic E-state index is 12.4. The van der Waals surface area contributed by atoms with E-state index in [0.717, 1.165) is 28.2 Å². The number of hydrazine groups is 1. The van der Waals surface area contributed by atoms with Crippen molar-refractivity contribution in [3.8, 4) is 5.75 Å². The number of benzene rings is 3. The minimum Gasteiger partial charge on any atom is -0.497 e. The number of ether oxygens (including phenoxy) is 1. The Morgan fingerprint density at radius 1 is 0.919 bits per heavy atom. The van der Waals surface area contributed by atoms with Crippen LogP contribution in [-0.2, 0) is 11.2 Å². The Morgan fingerprint density at radius 3 is 2.43 bits per heavy atom. The summed E-state index contributed by atoms with van der Waals surface area (Å²) in [7, 11) is 5.50. The molecule has 1 amide bonds. The van der Waals surface area contributed by atoms with Crippen LogP contribution in [0.15, 0.2) is 79.0 Å². The SMILES string of the molecule is COc1cccc(NC(=O)Cc2ccc(Nc3nccc(Nc4cccc(NN(C)C)c4C)n3)cc2)c1. The van der Waals surface area contributed by atoms with Gasteiger partial charge in [0, 0.05) is 43.4 Å². The molecule has 0 unspecified atom stereocenters. The van der Waals surface area contributed by atoms with E-state index in [2.05, 4.69) is 31.3 Å². The number of carbonyl (C=O) groups is 1. The van der Waals surface area contributed by atoms with Gasteiger partial charge in [-0.2, -0.15) is 4.98 Å². The van der Waals surface area contributed by atoms with Gasteiger partial charge in [-0.25, -0.2) is 9.99 Å². The summed E-state index contributed by atoms with van der Waals surface area (Å²) in [6, 6.07) is 22.7. The highest BCUT2D eigenvalue weighted by Crippen LogP contribution is 2.26. The largest absolute Gasteiger partial charge is 0.497 e. The predicted molar refractivity (Wildman–Crippen MR) is 149 cm³/mol. The molecule has 0 saturated heterocycles. The van der Waals surface area contributed by atoms with Crippen molar-refractivity contribution in [3.05, 3.63) is 90.1 Å². The molecule has 0 radical (unpaired) electrons. The van der Waals surface area contributed by atoms with Crippen LogP contribution in [0.4, 0.5) is 34.5 Å². The minimum absolute atomic E-state index is 0.101. The van der Waals surface area contributed by atoms with Gasteiger partial charge < -0.3 is 26.1 Å². The molecule has 1 aromatic heterocycles. The average molecular weight is 498 g/mol. The summed E-state index contributed by atoms with van der Waals surface area (Å²) >= 11 is 0. The summed E-state index contributed by atoms with van der Waals surface area (Å²) < 4.78 is 5.20. The van der Waals surface area contributed by atoms with Crippen molar-refractivity contribution in [2.24, 2.45) is 0 Å². The van der Waals surface area contributed by atoms with Crippen LogP contribution in [0.5, 0.6) is 5.75 Å². The molecule has 0 spiro atoms. The van der Waals surface area contributed by atoms with Crippen LogP contribution in [0.3, 0.4) is 0 Å². The number of nitrogens with one attached hydrogen (secondary N) is 4. The number of hydrogen-bond acceptors (Lipinski definition) is 8. The molecule has 0 atom stereocenters. The number of methoxy groups -OCH3 is 1. The molecule has 0 bridgehead atoms. The molecule has 37 heavy (non-hydrogen) atoms. The molecule has 0 aliphatic heterocycles. The van der Waals surface area contributed by atoms with E-state index < -0.39 is 0 Å². The molecule has 4 aromatic rings. The Bertz CT molecular complexity index is 1360. The molecule has 3 aromatic carbocycles. The first-order valence-electron chi connectivity index (χ1n) is 11.8. The third-order valence-corrected chi connectivity index (χ3v) is 5.52. The Labute approximate surface area is 216 Å². The van der Waals surface area contributed by atoms with Crippen LogP contribution in [0.25, 0.3) is 0 Å². The molecule has 4 rings (SSSR count). The van der Waals surface area contributed by atoms with Gasteiger partial charge in [0.1, 0.15) is 11.6 Å². The van der Waals surface area contributed by atoms with Gasteiger partial charge in [-0.1, -0.05) is 24.3 Å². The van der Waals surface area contributed by atoms with Crippen LogP contribution in [0.1, 0.15) is 11.1 Å². The van der Waals surface area contributed by atoms with Gasteiger partial charge in [0.05, 0.1) is 19.2 Å². The van der Waals surface area contributed by atoms with E-state index in [-0.39, 0.29) is 12.3 Å². The maximum absolute atomic E-state index is 12.4. The Morgan fingerprint density at radius 2 is 1.68 bits per heavy atom.